The lowest BCUT2D eigenvalue weighted by atomic mass is 10.1. The second-order valence-electron chi connectivity index (χ2n) is 5.57. The number of urea groups is 1. The normalized spacial score (nSPS) is 19.3. The van der Waals surface area contributed by atoms with Crippen LogP contribution in [0.1, 0.15) is 37.8 Å². The fraction of sp³-hybridized carbons (Fsp3) is 0.500. The third-order valence-electron chi connectivity index (χ3n) is 3.85. The summed E-state index contributed by atoms with van der Waals surface area (Å²) in [5, 5.41) is 8.13. The molecule has 1 saturated heterocycles. The van der Waals surface area contributed by atoms with Crippen molar-refractivity contribution in [2.45, 2.75) is 38.3 Å². The molecule has 0 unspecified atom stereocenters. The largest absolute Gasteiger partial charge is 0.496 e. The van der Waals surface area contributed by atoms with E-state index >= 15 is 0 Å². The number of amides is 3. The second kappa shape index (κ2) is 7.80. The van der Waals surface area contributed by atoms with E-state index in [0.29, 0.717) is 24.3 Å². The van der Waals surface area contributed by atoms with Crippen molar-refractivity contribution in [1.82, 2.24) is 16.0 Å². The highest BCUT2D eigenvalue weighted by Gasteiger charge is 2.23. The van der Waals surface area contributed by atoms with Gasteiger partial charge in [-0.15, -0.1) is 0 Å². The van der Waals surface area contributed by atoms with Crippen molar-refractivity contribution < 1.29 is 18.7 Å². The van der Waals surface area contributed by atoms with Crippen LogP contribution in [0.3, 0.4) is 0 Å². The summed E-state index contributed by atoms with van der Waals surface area (Å²) >= 11 is 0. The van der Waals surface area contributed by atoms with Gasteiger partial charge in [0.25, 0.3) is 0 Å². The lowest BCUT2D eigenvalue weighted by Crippen LogP contribution is -2.49. The van der Waals surface area contributed by atoms with Crippen molar-refractivity contribution >= 4 is 11.9 Å². The zero-order chi connectivity index (χ0) is 16.8. The number of benzene rings is 1. The Morgan fingerprint density at radius 1 is 1.43 bits per heavy atom. The molecule has 23 heavy (non-hydrogen) atoms. The van der Waals surface area contributed by atoms with Crippen molar-refractivity contribution in [3.8, 4) is 5.75 Å². The number of rotatable bonds is 4. The van der Waals surface area contributed by atoms with E-state index in [1.165, 1.54) is 25.3 Å². The van der Waals surface area contributed by atoms with Crippen molar-refractivity contribution in [2.75, 3.05) is 13.7 Å². The number of hydrogen-bond donors (Lipinski definition) is 3. The molecule has 1 aromatic rings. The minimum Gasteiger partial charge on any atom is -0.496 e. The number of ether oxygens (including phenoxy) is 1. The van der Waals surface area contributed by atoms with Crippen LogP contribution in [0, 0.1) is 5.82 Å². The van der Waals surface area contributed by atoms with E-state index < -0.39 is 23.9 Å². The standard InChI is InChI=1S/C16H22FN3O3/c1-10(12-9-11(17)6-7-14(12)23-2)19-16(22)20-13-5-3-4-8-18-15(13)21/h6-7,9-10,13H,3-5,8H2,1-2H3,(H,18,21)(H2,19,20,22)/t10-,13+/m1/s1. The Hall–Kier alpha value is -2.31. The van der Waals surface area contributed by atoms with Crippen molar-refractivity contribution in [2.24, 2.45) is 0 Å². The van der Waals surface area contributed by atoms with Crippen LogP contribution in [-0.2, 0) is 4.79 Å². The number of hydrogen-bond acceptors (Lipinski definition) is 3. The van der Waals surface area contributed by atoms with Gasteiger partial charge < -0.3 is 20.7 Å². The summed E-state index contributed by atoms with van der Waals surface area (Å²) in [4.78, 5) is 23.9. The van der Waals surface area contributed by atoms with Gasteiger partial charge in [-0.05, 0) is 44.4 Å². The van der Waals surface area contributed by atoms with E-state index in [2.05, 4.69) is 16.0 Å². The summed E-state index contributed by atoms with van der Waals surface area (Å²) in [6.07, 6.45) is 2.39. The Kier molecular flexibility index (Phi) is 5.78. The number of nitrogens with one attached hydrogen (secondary N) is 3. The number of methoxy groups -OCH3 is 1. The monoisotopic (exact) mass is 323 g/mol. The van der Waals surface area contributed by atoms with Crippen LogP contribution in [0.4, 0.5) is 9.18 Å². The van der Waals surface area contributed by atoms with Crippen LogP contribution in [0.5, 0.6) is 5.75 Å². The SMILES string of the molecule is COc1ccc(F)cc1[C@@H](C)NC(=O)N[C@H]1CCCCNC1=O. The van der Waals surface area contributed by atoms with Gasteiger partial charge in [-0.25, -0.2) is 9.18 Å². The Morgan fingerprint density at radius 3 is 2.96 bits per heavy atom. The van der Waals surface area contributed by atoms with E-state index in [1.807, 2.05) is 0 Å². The fourth-order valence-corrected chi connectivity index (χ4v) is 2.59. The molecule has 0 bridgehead atoms. The first-order valence-electron chi connectivity index (χ1n) is 7.69. The summed E-state index contributed by atoms with van der Waals surface area (Å²) in [5.41, 5.74) is 0.535. The van der Waals surface area contributed by atoms with Crippen molar-refractivity contribution in [1.29, 1.82) is 0 Å². The van der Waals surface area contributed by atoms with Crippen molar-refractivity contribution in [3.63, 3.8) is 0 Å². The number of halogens is 1. The summed E-state index contributed by atoms with van der Waals surface area (Å²) in [7, 11) is 1.49. The average Bonchev–Trinajstić information content (AvgIpc) is 2.72. The molecule has 1 heterocycles. The molecule has 7 heteroatoms. The fourth-order valence-electron chi connectivity index (χ4n) is 2.59. The highest BCUT2D eigenvalue weighted by Crippen LogP contribution is 2.25. The molecule has 1 aromatic carbocycles. The summed E-state index contributed by atoms with van der Waals surface area (Å²) in [6, 6.07) is 2.66. The van der Waals surface area contributed by atoms with Gasteiger partial charge >= 0.3 is 6.03 Å². The lowest BCUT2D eigenvalue weighted by molar-refractivity contribution is -0.122. The first-order valence-corrected chi connectivity index (χ1v) is 7.69. The molecule has 0 aliphatic carbocycles. The molecule has 6 nitrogen and oxygen atoms in total. The van der Waals surface area contributed by atoms with E-state index in [0.717, 1.165) is 12.8 Å². The predicted molar refractivity (Wildman–Crippen MR) is 83.7 cm³/mol. The van der Waals surface area contributed by atoms with E-state index in [-0.39, 0.29) is 5.91 Å². The zero-order valence-corrected chi connectivity index (χ0v) is 13.3. The number of carbonyl (C=O) groups excluding carboxylic acids is 2. The molecule has 2 atom stereocenters. The molecule has 3 amide bonds. The van der Waals surface area contributed by atoms with Gasteiger partial charge in [0, 0.05) is 12.1 Å². The minimum absolute atomic E-state index is 0.173. The smallest absolute Gasteiger partial charge is 0.315 e. The van der Waals surface area contributed by atoms with Crippen molar-refractivity contribution in [3.05, 3.63) is 29.6 Å². The number of carbonyl (C=O) groups is 2. The third kappa shape index (κ3) is 4.58. The molecule has 0 saturated carbocycles. The van der Waals surface area contributed by atoms with Gasteiger partial charge in [-0.2, -0.15) is 0 Å². The van der Waals surface area contributed by atoms with Gasteiger partial charge in [0.15, 0.2) is 0 Å². The molecule has 0 radical (unpaired) electrons. The van der Waals surface area contributed by atoms with E-state index in [1.54, 1.807) is 6.92 Å². The molecule has 3 N–H and O–H groups in total. The molecule has 1 fully saturated rings. The average molecular weight is 323 g/mol. The van der Waals surface area contributed by atoms with Gasteiger partial charge in [-0.3, -0.25) is 4.79 Å². The first-order chi connectivity index (χ1) is 11.0. The first kappa shape index (κ1) is 17.1. The summed E-state index contributed by atoms with van der Waals surface area (Å²) < 4.78 is 18.6. The van der Waals surface area contributed by atoms with E-state index in [9.17, 15) is 14.0 Å². The Bertz CT molecular complexity index is 580. The quantitative estimate of drug-likeness (QED) is 0.791. The second-order valence-corrected chi connectivity index (χ2v) is 5.57. The molecule has 1 aliphatic rings. The molecule has 0 aromatic heterocycles. The molecule has 0 spiro atoms. The summed E-state index contributed by atoms with van der Waals surface area (Å²) in [6.45, 7) is 2.36. The molecule has 2 rings (SSSR count). The maximum atomic E-state index is 13.4. The molecular formula is C16H22FN3O3. The molecule has 126 valence electrons. The maximum absolute atomic E-state index is 13.4. The summed E-state index contributed by atoms with van der Waals surface area (Å²) in [5.74, 6) is -0.0851. The van der Waals surface area contributed by atoms with Crippen LogP contribution in [-0.4, -0.2) is 31.6 Å². The zero-order valence-electron chi connectivity index (χ0n) is 13.3. The van der Waals surface area contributed by atoms with Crippen LogP contribution in [0.2, 0.25) is 0 Å². The van der Waals surface area contributed by atoms with Gasteiger partial charge in [0.1, 0.15) is 17.6 Å². The Labute approximate surface area is 134 Å². The Morgan fingerprint density at radius 2 is 2.22 bits per heavy atom. The van der Waals surface area contributed by atoms with Gasteiger partial charge in [-0.1, -0.05) is 0 Å². The highest BCUT2D eigenvalue weighted by atomic mass is 19.1. The van der Waals surface area contributed by atoms with Crippen LogP contribution >= 0.6 is 0 Å². The predicted octanol–water partition coefficient (Wildman–Crippen LogP) is 1.86. The topological polar surface area (TPSA) is 79.5 Å². The molecule has 1 aliphatic heterocycles. The third-order valence-corrected chi connectivity index (χ3v) is 3.85. The Balaban J connectivity index is 1.99. The van der Waals surface area contributed by atoms with Crippen LogP contribution < -0.4 is 20.7 Å². The van der Waals surface area contributed by atoms with E-state index in [4.69, 9.17) is 4.74 Å². The van der Waals surface area contributed by atoms with Gasteiger partial charge in [0.2, 0.25) is 5.91 Å². The lowest BCUT2D eigenvalue weighted by Gasteiger charge is -2.20. The van der Waals surface area contributed by atoms with Gasteiger partial charge in [0.05, 0.1) is 13.2 Å². The van der Waals surface area contributed by atoms with Crippen LogP contribution in [0.25, 0.3) is 0 Å². The highest BCUT2D eigenvalue weighted by molar-refractivity contribution is 5.87. The minimum atomic E-state index is -0.542. The molecular weight excluding hydrogens is 301 g/mol. The van der Waals surface area contributed by atoms with Crippen LogP contribution in [0.15, 0.2) is 18.2 Å². The maximum Gasteiger partial charge on any atom is 0.315 e.